The van der Waals surface area contributed by atoms with Crippen molar-refractivity contribution in [3.63, 3.8) is 0 Å². The fourth-order valence-electron chi connectivity index (χ4n) is 6.91. The molecular formula is C33H32Si. The van der Waals surface area contributed by atoms with Gasteiger partial charge in [-0.1, -0.05) is 134 Å². The second kappa shape index (κ2) is 8.56. The smallest absolute Gasteiger partial charge is 0.0927 e. The largest absolute Gasteiger partial charge is 0.103 e. The minimum atomic E-state index is -2.02. The first-order valence-electron chi connectivity index (χ1n) is 12.7. The van der Waals surface area contributed by atoms with E-state index in [1.165, 1.54) is 46.0 Å². The lowest BCUT2D eigenvalue weighted by atomic mass is 9.97. The van der Waals surface area contributed by atoms with Crippen LogP contribution >= 0.6 is 0 Å². The Balaban J connectivity index is 1.61. The van der Waals surface area contributed by atoms with E-state index in [9.17, 15) is 0 Å². The number of hydrogen-bond acceptors (Lipinski definition) is 0. The van der Waals surface area contributed by atoms with Crippen molar-refractivity contribution in [1.82, 2.24) is 0 Å². The van der Waals surface area contributed by atoms with Crippen molar-refractivity contribution in [3.05, 3.63) is 131 Å². The molecule has 3 aliphatic carbocycles. The average Bonchev–Trinajstić information content (AvgIpc) is 3.41. The van der Waals surface area contributed by atoms with Crippen LogP contribution in [0.5, 0.6) is 0 Å². The molecule has 3 aromatic carbocycles. The van der Waals surface area contributed by atoms with Crippen molar-refractivity contribution in [2.24, 2.45) is 5.92 Å². The lowest BCUT2D eigenvalue weighted by molar-refractivity contribution is 0.797. The van der Waals surface area contributed by atoms with Gasteiger partial charge in [-0.3, -0.25) is 0 Å². The lowest BCUT2D eigenvalue weighted by Gasteiger charge is -2.40. The summed E-state index contributed by atoms with van der Waals surface area (Å²) in [7, 11) is -2.02. The SMILES string of the molecule is C=CCCCC[Si](C)(C1=c2ccccc2=C2C=CC=CC21)C1c2ccccc2-c2ccccc21. The number of unbranched alkanes of at least 4 members (excludes halogenated alkanes) is 2. The molecule has 168 valence electrons. The summed E-state index contributed by atoms with van der Waals surface area (Å²) >= 11 is 0. The van der Waals surface area contributed by atoms with Crippen LogP contribution in [0.4, 0.5) is 0 Å². The van der Waals surface area contributed by atoms with Crippen molar-refractivity contribution in [2.45, 2.75) is 37.4 Å². The first-order chi connectivity index (χ1) is 16.7. The Morgan fingerprint density at radius 1 is 0.794 bits per heavy atom. The molecule has 6 rings (SSSR count). The second-order valence-electron chi connectivity index (χ2n) is 10.2. The van der Waals surface area contributed by atoms with Crippen LogP contribution in [0.1, 0.15) is 35.9 Å². The van der Waals surface area contributed by atoms with Crippen molar-refractivity contribution >= 4 is 18.8 Å². The Morgan fingerprint density at radius 2 is 1.44 bits per heavy atom. The minimum Gasteiger partial charge on any atom is -0.103 e. The van der Waals surface area contributed by atoms with Gasteiger partial charge in [0.2, 0.25) is 0 Å². The summed E-state index contributed by atoms with van der Waals surface area (Å²) in [6.45, 7) is 6.68. The molecule has 0 amide bonds. The molecule has 0 N–H and O–H groups in total. The molecule has 0 aliphatic heterocycles. The summed E-state index contributed by atoms with van der Waals surface area (Å²) in [6.07, 6.45) is 15.0. The number of fused-ring (bicyclic) bond motifs is 5. The predicted molar refractivity (Wildman–Crippen MR) is 148 cm³/mol. The summed E-state index contributed by atoms with van der Waals surface area (Å²) < 4.78 is 0. The minimum absolute atomic E-state index is 0.415. The van der Waals surface area contributed by atoms with Gasteiger partial charge in [0.15, 0.2) is 0 Å². The van der Waals surface area contributed by atoms with Crippen LogP contribution in [-0.2, 0) is 0 Å². The first-order valence-corrected chi connectivity index (χ1v) is 15.5. The summed E-state index contributed by atoms with van der Waals surface area (Å²) in [5.74, 6) is 0.415. The molecule has 0 saturated carbocycles. The van der Waals surface area contributed by atoms with Gasteiger partial charge in [-0.15, -0.1) is 6.58 Å². The van der Waals surface area contributed by atoms with E-state index in [1.807, 2.05) is 0 Å². The average molecular weight is 457 g/mol. The van der Waals surface area contributed by atoms with Crippen molar-refractivity contribution < 1.29 is 0 Å². The Bertz CT molecular complexity index is 1410. The predicted octanol–water partition coefficient (Wildman–Crippen LogP) is 7.07. The zero-order valence-electron chi connectivity index (χ0n) is 20.0. The molecule has 34 heavy (non-hydrogen) atoms. The number of benzene rings is 3. The maximum absolute atomic E-state index is 3.98. The third kappa shape index (κ3) is 3.18. The molecular weight excluding hydrogens is 424 g/mol. The molecule has 0 nitrogen and oxygen atoms in total. The van der Waals surface area contributed by atoms with Crippen LogP contribution in [0.25, 0.3) is 21.9 Å². The van der Waals surface area contributed by atoms with Crippen LogP contribution in [0.15, 0.2) is 110 Å². The van der Waals surface area contributed by atoms with Gasteiger partial charge in [0.1, 0.15) is 0 Å². The number of hydrogen-bond donors (Lipinski definition) is 0. The van der Waals surface area contributed by atoms with E-state index in [0.29, 0.717) is 11.5 Å². The fourth-order valence-corrected chi connectivity index (χ4v) is 12.4. The highest BCUT2D eigenvalue weighted by molar-refractivity contribution is 6.96. The lowest BCUT2D eigenvalue weighted by Crippen LogP contribution is -2.45. The Kier molecular flexibility index (Phi) is 5.38. The monoisotopic (exact) mass is 456 g/mol. The highest BCUT2D eigenvalue weighted by atomic mass is 28.3. The highest BCUT2D eigenvalue weighted by Gasteiger charge is 2.48. The van der Waals surface area contributed by atoms with Gasteiger partial charge in [-0.2, -0.15) is 0 Å². The van der Waals surface area contributed by atoms with Gasteiger partial charge in [0, 0.05) is 11.5 Å². The van der Waals surface area contributed by atoms with E-state index in [1.54, 1.807) is 16.3 Å². The second-order valence-corrected chi connectivity index (χ2v) is 14.6. The molecule has 0 spiro atoms. The van der Waals surface area contributed by atoms with Crippen LogP contribution < -0.4 is 10.4 Å². The van der Waals surface area contributed by atoms with Gasteiger partial charge in [0.25, 0.3) is 0 Å². The molecule has 0 bridgehead atoms. The molecule has 2 unspecified atom stereocenters. The molecule has 1 heteroatoms. The van der Waals surface area contributed by atoms with Crippen LogP contribution in [-0.4, -0.2) is 8.07 Å². The third-order valence-electron chi connectivity index (χ3n) is 8.31. The topological polar surface area (TPSA) is 0 Å². The first kappa shape index (κ1) is 21.4. The molecule has 0 fully saturated rings. The van der Waals surface area contributed by atoms with Gasteiger partial charge in [0.05, 0.1) is 8.07 Å². The molecule has 0 radical (unpaired) electrons. The number of rotatable bonds is 7. The quantitative estimate of drug-likeness (QED) is 0.203. The Morgan fingerprint density at radius 3 is 2.15 bits per heavy atom. The maximum Gasteiger partial charge on any atom is 0.0927 e. The van der Waals surface area contributed by atoms with Gasteiger partial charge < -0.3 is 0 Å². The van der Waals surface area contributed by atoms with E-state index in [-0.39, 0.29) is 0 Å². The van der Waals surface area contributed by atoms with E-state index in [2.05, 4.69) is 116 Å². The zero-order chi connectivity index (χ0) is 23.1. The maximum atomic E-state index is 3.98. The van der Waals surface area contributed by atoms with Gasteiger partial charge in [-0.05, 0) is 44.7 Å². The van der Waals surface area contributed by atoms with E-state index < -0.39 is 8.07 Å². The standard InChI is InChI=1S/C33H32Si/c1-3-4-5-14-23-34(2,32-28-19-10-6-15-24(28)25-16-7-11-20-29(25)32)33-30-21-12-8-17-26(30)27-18-9-13-22-31(27)33/h3,6-13,15-22,28,33H,1,4-5,14,23H2,2H3. The van der Waals surface area contributed by atoms with Crippen LogP contribution in [0, 0.1) is 5.92 Å². The van der Waals surface area contributed by atoms with Crippen molar-refractivity contribution in [1.29, 1.82) is 0 Å². The summed E-state index contributed by atoms with van der Waals surface area (Å²) in [6, 6.07) is 28.9. The van der Waals surface area contributed by atoms with Gasteiger partial charge in [-0.25, -0.2) is 0 Å². The van der Waals surface area contributed by atoms with Crippen LogP contribution in [0.2, 0.25) is 12.6 Å². The highest BCUT2D eigenvalue weighted by Crippen LogP contribution is 2.54. The van der Waals surface area contributed by atoms with Crippen molar-refractivity contribution in [3.8, 4) is 11.1 Å². The number of allylic oxidation sites excluding steroid dienone is 5. The molecule has 0 aromatic heterocycles. The van der Waals surface area contributed by atoms with E-state index in [4.69, 9.17) is 0 Å². The molecule has 3 aliphatic rings. The molecule has 3 aromatic rings. The summed E-state index contributed by atoms with van der Waals surface area (Å²) in [4.78, 5) is 0. The molecule has 0 saturated heterocycles. The van der Waals surface area contributed by atoms with Crippen molar-refractivity contribution in [2.75, 3.05) is 0 Å². The molecule has 0 heterocycles. The zero-order valence-corrected chi connectivity index (χ0v) is 21.0. The molecule has 2 atom stereocenters. The third-order valence-corrected chi connectivity index (χ3v) is 13.4. The summed E-state index contributed by atoms with van der Waals surface area (Å²) in [5, 5.41) is 4.71. The summed E-state index contributed by atoms with van der Waals surface area (Å²) in [5.41, 5.74) is 7.99. The Hall–Kier alpha value is -3.16. The van der Waals surface area contributed by atoms with Crippen LogP contribution in [0.3, 0.4) is 0 Å². The fraction of sp³-hybridized carbons (Fsp3) is 0.212. The Labute approximate surface area is 204 Å². The van der Waals surface area contributed by atoms with E-state index >= 15 is 0 Å². The van der Waals surface area contributed by atoms with Gasteiger partial charge >= 0.3 is 0 Å². The normalized spacial score (nSPS) is 19.4. The van der Waals surface area contributed by atoms with E-state index in [0.717, 1.165) is 6.42 Å².